The summed E-state index contributed by atoms with van der Waals surface area (Å²) in [6.07, 6.45) is -0.720. The zero-order valence-electron chi connectivity index (χ0n) is 17.1. The van der Waals surface area contributed by atoms with Gasteiger partial charge in [-0.2, -0.15) is 0 Å². The van der Waals surface area contributed by atoms with E-state index in [0.29, 0.717) is 0 Å². The number of carboxylic acid groups (broad SMARTS) is 1. The molecule has 0 radical (unpaired) electrons. The van der Waals surface area contributed by atoms with E-state index in [1.807, 2.05) is 36.4 Å². The molecule has 8 nitrogen and oxygen atoms in total. The number of nitrogens with one attached hydrogen (secondary N) is 1. The van der Waals surface area contributed by atoms with Gasteiger partial charge in [0.2, 0.25) is 5.91 Å². The number of benzene rings is 2. The minimum Gasteiger partial charge on any atom is -0.480 e. The Labute approximate surface area is 179 Å². The lowest BCUT2D eigenvalue weighted by atomic mass is 9.98. The maximum Gasteiger partial charge on any atom is 0.407 e. The number of carbonyl (C=O) groups is 3. The molecule has 2 aromatic carbocycles. The monoisotopic (exact) mass is 424 g/mol. The molecule has 2 aliphatic rings. The molecule has 1 aliphatic carbocycles. The molecule has 2 N–H and O–H groups in total. The van der Waals surface area contributed by atoms with Gasteiger partial charge >= 0.3 is 12.1 Å². The Morgan fingerprint density at radius 3 is 2.35 bits per heavy atom. The number of amides is 2. The van der Waals surface area contributed by atoms with Crippen LogP contribution in [0, 0.1) is 0 Å². The van der Waals surface area contributed by atoms with E-state index in [9.17, 15) is 19.5 Å². The zero-order valence-corrected chi connectivity index (χ0v) is 17.1. The largest absolute Gasteiger partial charge is 0.480 e. The average Bonchev–Trinajstić information content (AvgIpc) is 3.11. The van der Waals surface area contributed by atoms with Gasteiger partial charge in [0.15, 0.2) is 6.04 Å². The van der Waals surface area contributed by atoms with E-state index in [1.165, 1.54) is 11.8 Å². The number of rotatable bonds is 5. The lowest BCUT2D eigenvalue weighted by Gasteiger charge is -2.34. The highest BCUT2D eigenvalue weighted by Crippen LogP contribution is 2.44. The summed E-state index contributed by atoms with van der Waals surface area (Å²) in [5.41, 5.74) is 4.45. The van der Waals surface area contributed by atoms with Crippen molar-refractivity contribution in [2.45, 2.75) is 24.9 Å². The van der Waals surface area contributed by atoms with Crippen molar-refractivity contribution in [3.8, 4) is 11.1 Å². The second-order valence-electron chi connectivity index (χ2n) is 7.65. The molecule has 0 bridgehead atoms. The first kappa shape index (κ1) is 20.9. The Bertz CT molecular complexity index is 962. The van der Waals surface area contributed by atoms with Crippen molar-refractivity contribution in [3.05, 3.63) is 59.7 Å². The Morgan fingerprint density at radius 1 is 1.13 bits per heavy atom. The van der Waals surface area contributed by atoms with Crippen molar-refractivity contribution < 1.29 is 29.0 Å². The maximum atomic E-state index is 12.7. The second-order valence-corrected chi connectivity index (χ2v) is 7.65. The van der Waals surface area contributed by atoms with Crippen molar-refractivity contribution in [3.63, 3.8) is 0 Å². The molecule has 0 saturated carbocycles. The van der Waals surface area contributed by atoms with Crippen molar-refractivity contribution in [2.75, 3.05) is 26.4 Å². The number of carboxylic acids is 1. The number of fused-ring (bicyclic) bond motifs is 3. The van der Waals surface area contributed by atoms with Crippen LogP contribution in [-0.4, -0.2) is 66.4 Å². The number of aliphatic carboxylic acids is 1. The van der Waals surface area contributed by atoms with E-state index >= 15 is 0 Å². The van der Waals surface area contributed by atoms with Crippen LogP contribution in [0.1, 0.15) is 24.0 Å². The third kappa shape index (κ3) is 4.11. The average molecular weight is 424 g/mol. The summed E-state index contributed by atoms with van der Waals surface area (Å²) in [6, 6.07) is 14.1. The van der Waals surface area contributed by atoms with E-state index in [-0.39, 0.29) is 32.3 Å². The molecule has 0 spiro atoms. The highest BCUT2D eigenvalue weighted by Gasteiger charge is 2.35. The molecule has 0 aromatic heterocycles. The summed E-state index contributed by atoms with van der Waals surface area (Å²) < 4.78 is 10.6. The van der Waals surface area contributed by atoms with Crippen LogP contribution >= 0.6 is 0 Å². The molecular formula is C23H24N2O6. The standard InChI is InChI=1S/C23H24N2O6/c1-14(21(26)25-10-11-30-13-20(25)22(27)28)24-23(29)31-12-19-17-8-4-2-6-15(17)16-7-3-5-9-18(16)19/h2-9,14,19-20H,10-13H2,1H3,(H,24,29)(H,27,28)/t14-,20?/m0/s1. The first-order valence-electron chi connectivity index (χ1n) is 10.2. The third-order valence-electron chi connectivity index (χ3n) is 5.75. The Hall–Kier alpha value is -3.39. The van der Waals surface area contributed by atoms with E-state index in [0.717, 1.165) is 22.3 Å². The van der Waals surface area contributed by atoms with Gasteiger partial charge in [0.05, 0.1) is 13.2 Å². The molecule has 2 amide bonds. The van der Waals surface area contributed by atoms with Crippen molar-refractivity contribution in [2.24, 2.45) is 0 Å². The van der Waals surface area contributed by atoms with Crippen LogP contribution in [0.4, 0.5) is 4.79 Å². The SMILES string of the molecule is C[C@H](NC(=O)OCC1c2ccccc2-c2ccccc21)C(=O)N1CCOCC1C(=O)O. The second kappa shape index (κ2) is 8.77. The van der Waals surface area contributed by atoms with Gasteiger partial charge in [-0.15, -0.1) is 0 Å². The predicted molar refractivity (Wildman–Crippen MR) is 112 cm³/mol. The zero-order chi connectivity index (χ0) is 22.0. The minimum atomic E-state index is -1.14. The topological polar surface area (TPSA) is 105 Å². The first-order valence-corrected chi connectivity index (χ1v) is 10.2. The van der Waals surface area contributed by atoms with Crippen LogP contribution in [0.25, 0.3) is 11.1 Å². The van der Waals surface area contributed by atoms with Crippen LogP contribution < -0.4 is 5.32 Å². The van der Waals surface area contributed by atoms with E-state index in [4.69, 9.17) is 9.47 Å². The Balaban J connectivity index is 1.38. The number of alkyl carbamates (subject to hydrolysis) is 1. The van der Waals surface area contributed by atoms with Crippen LogP contribution in [0.5, 0.6) is 0 Å². The predicted octanol–water partition coefficient (Wildman–Crippen LogP) is 2.23. The molecule has 1 heterocycles. The number of nitrogens with zero attached hydrogens (tertiary/aromatic N) is 1. The Morgan fingerprint density at radius 2 is 1.74 bits per heavy atom. The van der Waals surface area contributed by atoms with Crippen molar-refractivity contribution >= 4 is 18.0 Å². The quantitative estimate of drug-likeness (QED) is 0.763. The van der Waals surface area contributed by atoms with Gasteiger partial charge in [-0.3, -0.25) is 4.79 Å². The molecule has 2 atom stereocenters. The highest BCUT2D eigenvalue weighted by molar-refractivity contribution is 5.89. The molecule has 1 unspecified atom stereocenters. The molecule has 4 rings (SSSR count). The van der Waals surface area contributed by atoms with Gasteiger partial charge in [0, 0.05) is 12.5 Å². The molecule has 2 aromatic rings. The third-order valence-corrected chi connectivity index (χ3v) is 5.75. The van der Waals surface area contributed by atoms with E-state index in [1.54, 1.807) is 0 Å². The minimum absolute atomic E-state index is 0.0707. The number of hydrogen-bond donors (Lipinski definition) is 2. The maximum absolute atomic E-state index is 12.7. The fraction of sp³-hybridized carbons (Fsp3) is 0.348. The lowest BCUT2D eigenvalue weighted by Crippen LogP contribution is -2.57. The van der Waals surface area contributed by atoms with Gasteiger partial charge in [-0.05, 0) is 29.2 Å². The lowest BCUT2D eigenvalue weighted by molar-refractivity contribution is -0.159. The van der Waals surface area contributed by atoms with Crippen LogP contribution in [0.3, 0.4) is 0 Å². The fourth-order valence-corrected chi connectivity index (χ4v) is 4.20. The number of hydrogen-bond acceptors (Lipinski definition) is 5. The summed E-state index contributed by atoms with van der Waals surface area (Å²) in [6.45, 7) is 1.99. The fourth-order valence-electron chi connectivity index (χ4n) is 4.20. The molecule has 31 heavy (non-hydrogen) atoms. The molecular weight excluding hydrogens is 400 g/mol. The smallest absolute Gasteiger partial charge is 0.407 e. The van der Waals surface area contributed by atoms with Crippen LogP contribution in [0.15, 0.2) is 48.5 Å². The number of ether oxygens (including phenoxy) is 2. The summed E-state index contributed by atoms with van der Waals surface area (Å²) in [5.74, 6) is -1.70. The van der Waals surface area contributed by atoms with Gasteiger partial charge < -0.3 is 24.8 Å². The van der Waals surface area contributed by atoms with Crippen LogP contribution in [-0.2, 0) is 19.1 Å². The van der Waals surface area contributed by atoms with Gasteiger partial charge in [0.1, 0.15) is 12.6 Å². The summed E-state index contributed by atoms with van der Waals surface area (Å²) in [7, 11) is 0. The van der Waals surface area contributed by atoms with Gasteiger partial charge in [0.25, 0.3) is 0 Å². The summed E-state index contributed by atoms with van der Waals surface area (Å²) >= 11 is 0. The molecule has 1 aliphatic heterocycles. The summed E-state index contributed by atoms with van der Waals surface area (Å²) in [5, 5.41) is 11.8. The molecule has 162 valence electrons. The van der Waals surface area contributed by atoms with Gasteiger partial charge in [-0.1, -0.05) is 48.5 Å². The summed E-state index contributed by atoms with van der Waals surface area (Å²) in [4.78, 5) is 37.7. The normalized spacial score (nSPS) is 18.6. The van der Waals surface area contributed by atoms with Crippen molar-refractivity contribution in [1.29, 1.82) is 0 Å². The van der Waals surface area contributed by atoms with E-state index in [2.05, 4.69) is 17.4 Å². The molecule has 8 heteroatoms. The highest BCUT2D eigenvalue weighted by atomic mass is 16.5. The van der Waals surface area contributed by atoms with Crippen molar-refractivity contribution in [1.82, 2.24) is 10.2 Å². The number of morpholine rings is 1. The number of carbonyl (C=O) groups excluding carboxylic acids is 2. The van der Waals surface area contributed by atoms with Gasteiger partial charge in [-0.25, -0.2) is 9.59 Å². The van der Waals surface area contributed by atoms with Crippen LogP contribution in [0.2, 0.25) is 0 Å². The molecule has 1 fully saturated rings. The van der Waals surface area contributed by atoms with E-state index < -0.39 is 30.1 Å². The first-order chi connectivity index (χ1) is 15.0. The Kier molecular flexibility index (Phi) is 5.90. The molecule has 1 saturated heterocycles.